The van der Waals surface area contributed by atoms with Crippen LogP contribution in [-0.4, -0.2) is 11.0 Å². The van der Waals surface area contributed by atoms with Crippen LogP contribution < -0.4 is 4.74 Å². The SMILES string of the molecule is CCCCCCc1ccc(C2CCC(C(=O)Oc3ccc(C#N)c(F)c3)CC2)nc1. The van der Waals surface area contributed by atoms with Crippen molar-refractivity contribution in [3.8, 4) is 11.8 Å². The lowest BCUT2D eigenvalue weighted by molar-refractivity contribution is -0.140. The molecule has 1 fully saturated rings. The van der Waals surface area contributed by atoms with E-state index in [1.54, 1.807) is 6.07 Å². The topological polar surface area (TPSA) is 63.0 Å². The van der Waals surface area contributed by atoms with Gasteiger partial charge in [0.1, 0.15) is 17.6 Å². The Morgan fingerprint density at radius 3 is 2.60 bits per heavy atom. The summed E-state index contributed by atoms with van der Waals surface area (Å²) in [6.45, 7) is 2.22. The van der Waals surface area contributed by atoms with Crippen LogP contribution in [0.15, 0.2) is 36.5 Å². The van der Waals surface area contributed by atoms with E-state index < -0.39 is 5.82 Å². The van der Waals surface area contributed by atoms with Crippen molar-refractivity contribution in [3.05, 3.63) is 59.2 Å². The number of benzene rings is 1. The van der Waals surface area contributed by atoms with Gasteiger partial charge in [-0.15, -0.1) is 0 Å². The van der Waals surface area contributed by atoms with Crippen molar-refractivity contribution in [2.45, 2.75) is 70.6 Å². The van der Waals surface area contributed by atoms with Gasteiger partial charge in [0, 0.05) is 23.9 Å². The number of ether oxygens (including phenoxy) is 1. The van der Waals surface area contributed by atoms with E-state index in [1.165, 1.54) is 43.4 Å². The number of esters is 1. The number of nitrogens with zero attached hydrogens (tertiary/aromatic N) is 2. The predicted octanol–water partition coefficient (Wildman–Crippen LogP) is 6.09. The maximum atomic E-state index is 13.7. The van der Waals surface area contributed by atoms with Crippen molar-refractivity contribution in [2.75, 3.05) is 0 Å². The standard InChI is InChI=1S/C25H29FN2O2/c1-2-3-4-5-6-18-7-14-24(28-17-18)19-8-10-20(11-9-19)25(29)30-22-13-12-21(16-27)23(26)15-22/h7,12-15,17,19-20H,2-6,8-11H2,1H3. The van der Waals surface area contributed by atoms with Gasteiger partial charge in [0.05, 0.1) is 11.5 Å². The first-order valence-corrected chi connectivity index (χ1v) is 11.0. The molecule has 158 valence electrons. The zero-order valence-electron chi connectivity index (χ0n) is 17.6. The van der Waals surface area contributed by atoms with E-state index >= 15 is 0 Å². The molecule has 0 saturated heterocycles. The van der Waals surface area contributed by atoms with Crippen LogP contribution >= 0.6 is 0 Å². The molecule has 1 heterocycles. The van der Waals surface area contributed by atoms with E-state index in [0.717, 1.165) is 43.9 Å². The number of halogens is 1. The minimum absolute atomic E-state index is 0.0604. The van der Waals surface area contributed by atoms with Crippen LogP contribution in [0.3, 0.4) is 0 Å². The molecule has 3 rings (SSSR count). The number of rotatable bonds is 8. The molecule has 4 nitrogen and oxygen atoms in total. The van der Waals surface area contributed by atoms with Gasteiger partial charge in [-0.25, -0.2) is 4.39 Å². The molecule has 0 aliphatic heterocycles. The van der Waals surface area contributed by atoms with Crippen LogP contribution in [0.4, 0.5) is 4.39 Å². The van der Waals surface area contributed by atoms with Crippen molar-refractivity contribution in [1.82, 2.24) is 4.98 Å². The number of nitriles is 1. The summed E-state index contributed by atoms with van der Waals surface area (Å²) >= 11 is 0. The van der Waals surface area contributed by atoms with Gasteiger partial charge in [-0.3, -0.25) is 9.78 Å². The van der Waals surface area contributed by atoms with Gasteiger partial charge in [0.15, 0.2) is 0 Å². The molecule has 1 aromatic carbocycles. The summed E-state index contributed by atoms with van der Waals surface area (Å²) in [5.41, 5.74) is 2.34. The fraction of sp³-hybridized carbons (Fsp3) is 0.480. The van der Waals surface area contributed by atoms with Gasteiger partial charge >= 0.3 is 5.97 Å². The number of unbranched alkanes of at least 4 members (excludes halogenated alkanes) is 3. The van der Waals surface area contributed by atoms with Gasteiger partial charge in [0.2, 0.25) is 0 Å². The molecule has 2 aromatic rings. The molecule has 0 N–H and O–H groups in total. The Kier molecular flexibility index (Phi) is 7.96. The van der Waals surface area contributed by atoms with Crippen LogP contribution in [0.5, 0.6) is 5.75 Å². The Hall–Kier alpha value is -2.74. The van der Waals surface area contributed by atoms with Crippen molar-refractivity contribution in [2.24, 2.45) is 5.92 Å². The molecule has 0 unspecified atom stereocenters. The molecule has 0 atom stereocenters. The molecule has 1 aliphatic carbocycles. The van der Waals surface area contributed by atoms with Crippen LogP contribution in [0, 0.1) is 23.1 Å². The maximum absolute atomic E-state index is 13.7. The average molecular weight is 409 g/mol. The third kappa shape index (κ3) is 5.89. The van der Waals surface area contributed by atoms with Crippen molar-refractivity contribution in [3.63, 3.8) is 0 Å². The third-order valence-electron chi connectivity index (χ3n) is 5.92. The smallest absolute Gasteiger partial charge is 0.314 e. The monoisotopic (exact) mass is 408 g/mol. The fourth-order valence-electron chi connectivity index (χ4n) is 4.06. The Morgan fingerprint density at radius 1 is 1.17 bits per heavy atom. The van der Waals surface area contributed by atoms with Crippen molar-refractivity contribution >= 4 is 5.97 Å². The van der Waals surface area contributed by atoms with E-state index in [-0.39, 0.29) is 23.2 Å². The lowest BCUT2D eigenvalue weighted by Gasteiger charge is -2.27. The highest BCUT2D eigenvalue weighted by Crippen LogP contribution is 2.35. The number of aryl methyl sites for hydroxylation is 1. The first-order valence-electron chi connectivity index (χ1n) is 11.0. The molecule has 1 aliphatic rings. The highest BCUT2D eigenvalue weighted by atomic mass is 19.1. The highest BCUT2D eigenvalue weighted by molar-refractivity contribution is 5.75. The first kappa shape index (κ1) is 22.0. The van der Waals surface area contributed by atoms with Gasteiger partial charge in [0.25, 0.3) is 0 Å². The summed E-state index contributed by atoms with van der Waals surface area (Å²) in [5.74, 6) is -0.664. The third-order valence-corrected chi connectivity index (χ3v) is 5.92. The number of carbonyl (C=O) groups excluding carboxylic acids is 1. The Morgan fingerprint density at radius 2 is 1.97 bits per heavy atom. The number of pyridine rings is 1. The van der Waals surface area contributed by atoms with Gasteiger partial charge < -0.3 is 4.74 Å². The van der Waals surface area contributed by atoms with E-state index in [0.29, 0.717) is 5.92 Å². The zero-order chi connectivity index (χ0) is 21.3. The molecule has 5 heteroatoms. The minimum Gasteiger partial charge on any atom is -0.426 e. The van der Waals surface area contributed by atoms with Crippen LogP contribution in [0.25, 0.3) is 0 Å². The number of hydrogen-bond acceptors (Lipinski definition) is 4. The largest absolute Gasteiger partial charge is 0.426 e. The van der Waals surface area contributed by atoms with E-state index in [9.17, 15) is 9.18 Å². The Bertz CT molecular complexity index is 881. The summed E-state index contributed by atoms with van der Waals surface area (Å²) in [7, 11) is 0. The minimum atomic E-state index is -0.675. The quantitative estimate of drug-likeness (QED) is 0.301. The highest BCUT2D eigenvalue weighted by Gasteiger charge is 2.29. The van der Waals surface area contributed by atoms with Gasteiger partial charge in [-0.2, -0.15) is 5.26 Å². The molecule has 0 bridgehead atoms. The van der Waals surface area contributed by atoms with Gasteiger partial charge in [-0.1, -0.05) is 32.3 Å². The fourth-order valence-corrected chi connectivity index (χ4v) is 4.06. The molecular weight excluding hydrogens is 379 g/mol. The molecular formula is C25H29FN2O2. The lowest BCUT2D eigenvalue weighted by Crippen LogP contribution is -2.25. The van der Waals surface area contributed by atoms with E-state index in [4.69, 9.17) is 10.00 Å². The number of aromatic nitrogens is 1. The average Bonchev–Trinajstić information content (AvgIpc) is 2.77. The summed E-state index contributed by atoms with van der Waals surface area (Å²) in [6, 6.07) is 9.96. The molecule has 0 radical (unpaired) electrons. The summed E-state index contributed by atoms with van der Waals surface area (Å²) in [6.07, 6.45) is 11.4. The van der Waals surface area contributed by atoms with Crippen molar-refractivity contribution < 1.29 is 13.9 Å². The second-order valence-corrected chi connectivity index (χ2v) is 8.13. The van der Waals surface area contributed by atoms with Crippen LogP contribution in [0.2, 0.25) is 0 Å². The Balaban J connectivity index is 1.47. The number of hydrogen-bond donors (Lipinski definition) is 0. The summed E-state index contributed by atoms with van der Waals surface area (Å²) in [5, 5.41) is 8.78. The zero-order valence-corrected chi connectivity index (χ0v) is 17.6. The normalized spacial score (nSPS) is 18.6. The molecule has 1 aromatic heterocycles. The second kappa shape index (κ2) is 10.9. The van der Waals surface area contributed by atoms with Crippen molar-refractivity contribution in [1.29, 1.82) is 5.26 Å². The first-order chi connectivity index (χ1) is 14.6. The van der Waals surface area contributed by atoms with Crippen LogP contribution in [0.1, 0.15) is 81.0 Å². The predicted molar refractivity (Wildman–Crippen MR) is 114 cm³/mol. The molecule has 0 spiro atoms. The second-order valence-electron chi connectivity index (χ2n) is 8.13. The maximum Gasteiger partial charge on any atom is 0.314 e. The molecule has 1 saturated carbocycles. The summed E-state index contributed by atoms with van der Waals surface area (Å²) < 4.78 is 19.0. The Labute approximate surface area is 178 Å². The van der Waals surface area contributed by atoms with Crippen LogP contribution in [-0.2, 0) is 11.2 Å². The number of carbonyl (C=O) groups is 1. The summed E-state index contributed by atoms with van der Waals surface area (Å²) in [4.78, 5) is 17.1. The molecule has 0 amide bonds. The van der Waals surface area contributed by atoms with E-state index in [2.05, 4.69) is 24.0 Å². The lowest BCUT2D eigenvalue weighted by atomic mass is 9.80. The van der Waals surface area contributed by atoms with Gasteiger partial charge in [-0.05, 0) is 62.3 Å². The van der Waals surface area contributed by atoms with E-state index in [1.807, 2.05) is 6.20 Å². The molecule has 30 heavy (non-hydrogen) atoms.